The zero-order chi connectivity index (χ0) is 11.6. The number of hydrogen-bond donors (Lipinski definition) is 1. The highest BCUT2D eigenvalue weighted by Crippen LogP contribution is 1.99. The van der Waals surface area contributed by atoms with Gasteiger partial charge in [-0.05, 0) is 30.9 Å². The van der Waals surface area contributed by atoms with Gasteiger partial charge in [-0.1, -0.05) is 44.2 Å². The highest BCUT2D eigenvalue weighted by Gasteiger charge is 2.00. The van der Waals surface area contributed by atoms with Crippen molar-refractivity contribution in [2.75, 3.05) is 13.1 Å². The summed E-state index contributed by atoms with van der Waals surface area (Å²) in [5.41, 5.74) is 1.39. The molecule has 0 amide bonds. The average Bonchev–Trinajstić information content (AvgIpc) is 2.31. The van der Waals surface area contributed by atoms with Crippen molar-refractivity contribution < 1.29 is 10.4 Å². The number of nitrogens with one attached hydrogen (secondary N) is 1. The summed E-state index contributed by atoms with van der Waals surface area (Å²) in [6.07, 6.45) is 8.20. The van der Waals surface area contributed by atoms with Crippen LogP contribution in [0.25, 0.3) is 0 Å². The molecular formula is C15H25NO. The fourth-order valence-corrected chi connectivity index (χ4v) is 1.91. The van der Waals surface area contributed by atoms with Crippen LogP contribution in [-0.2, 0) is 6.42 Å². The van der Waals surface area contributed by atoms with Crippen molar-refractivity contribution in [1.29, 1.82) is 0 Å². The smallest absolute Gasteiger partial charge is 0.0905 e. The molecule has 0 heterocycles. The van der Waals surface area contributed by atoms with Crippen molar-refractivity contribution in [1.82, 2.24) is 0 Å². The maximum Gasteiger partial charge on any atom is 0.0905 e. The summed E-state index contributed by atoms with van der Waals surface area (Å²) in [5, 5.41) is 0. The van der Waals surface area contributed by atoms with E-state index in [-0.39, 0.29) is 5.48 Å². The Morgan fingerprint density at radius 2 is 1.59 bits per heavy atom. The second-order valence-corrected chi connectivity index (χ2v) is 4.25. The molecule has 2 N–H and O–H groups in total. The van der Waals surface area contributed by atoms with E-state index >= 15 is 0 Å². The van der Waals surface area contributed by atoms with Crippen molar-refractivity contribution in [3.8, 4) is 0 Å². The van der Waals surface area contributed by atoms with E-state index in [2.05, 4.69) is 56.5 Å². The van der Waals surface area contributed by atoms with Gasteiger partial charge in [0.1, 0.15) is 0 Å². The first-order valence-corrected chi connectivity index (χ1v) is 6.42. The first-order valence-electron chi connectivity index (χ1n) is 6.42. The molecule has 0 aliphatic rings. The fraction of sp³-hybridized carbons (Fsp3) is 0.467. The zero-order valence-electron chi connectivity index (χ0n) is 11.0. The second-order valence-electron chi connectivity index (χ2n) is 4.25. The van der Waals surface area contributed by atoms with Gasteiger partial charge in [0.25, 0.3) is 0 Å². The van der Waals surface area contributed by atoms with Crippen LogP contribution in [0.1, 0.15) is 32.3 Å². The minimum atomic E-state index is 0. The molecule has 0 bridgehead atoms. The lowest BCUT2D eigenvalue weighted by molar-refractivity contribution is -0.847. The molecular weight excluding hydrogens is 210 g/mol. The van der Waals surface area contributed by atoms with Gasteiger partial charge in [-0.2, -0.15) is 0 Å². The topological polar surface area (TPSA) is 34.4 Å². The number of quaternary nitrogens is 1. The average molecular weight is 235 g/mol. The Labute approximate surface area is 105 Å². The minimum absolute atomic E-state index is 0. The van der Waals surface area contributed by atoms with E-state index in [1.807, 2.05) is 0 Å². The predicted octanol–water partition coefficient (Wildman–Crippen LogP) is 2.27. The molecule has 1 rings (SSSR count). The molecule has 0 fully saturated rings. The minimum Gasteiger partial charge on any atom is -0.870 e. The third-order valence-electron chi connectivity index (χ3n) is 2.69. The van der Waals surface area contributed by atoms with Gasteiger partial charge < -0.3 is 10.4 Å². The quantitative estimate of drug-likeness (QED) is 0.773. The van der Waals surface area contributed by atoms with Crippen molar-refractivity contribution >= 4 is 0 Å². The summed E-state index contributed by atoms with van der Waals surface area (Å²) in [5.74, 6) is 0. The Bertz CT molecular complexity index is 289. The highest BCUT2D eigenvalue weighted by molar-refractivity contribution is 5.16. The molecule has 1 aromatic rings. The number of rotatable bonds is 7. The second kappa shape index (κ2) is 10.1. The SMILES string of the molecule is CCC[NH+](C=CCc1ccccc1)CCC.[OH-]. The molecule has 0 spiro atoms. The molecule has 2 nitrogen and oxygen atoms in total. The van der Waals surface area contributed by atoms with Gasteiger partial charge in [0.15, 0.2) is 0 Å². The Morgan fingerprint density at radius 3 is 2.12 bits per heavy atom. The molecule has 0 saturated carbocycles. The van der Waals surface area contributed by atoms with Crippen molar-refractivity contribution in [3.63, 3.8) is 0 Å². The van der Waals surface area contributed by atoms with Crippen LogP contribution in [0, 0.1) is 0 Å². The van der Waals surface area contributed by atoms with Gasteiger partial charge in [0, 0.05) is 0 Å². The maximum atomic E-state index is 2.33. The monoisotopic (exact) mass is 235 g/mol. The lowest BCUT2D eigenvalue weighted by atomic mass is 10.1. The summed E-state index contributed by atoms with van der Waals surface area (Å²) >= 11 is 0. The van der Waals surface area contributed by atoms with E-state index in [9.17, 15) is 0 Å². The number of benzene rings is 1. The summed E-state index contributed by atoms with van der Waals surface area (Å²) in [6, 6.07) is 10.6. The van der Waals surface area contributed by atoms with Gasteiger partial charge in [-0.3, -0.25) is 0 Å². The third kappa shape index (κ3) is 6.93. The Hall–Kier alpha value is -1.12. The van der Waals surface area contributed by atoms with Crippen molar-refractivity contribution in [2.24, 2.45) is 0 Å². The van der Waals surface area contributed by atoms with Crippen molar-refractivity contribution in [3.05, 3.63) is 48.2 Å². The van der Waals surface area contributed by atoms with Gasteiger partial charge in [-0.15, -0.1) is 0 Å². The maximum absolute atomic E-state index is 2.33. The normalized spacial score (nSPS) is 10.8. The number of hydrogen-bond acceptors (Lipinski definition) is 1. The van der Waals surface area contributed by atoms with Gasteiger partial charge in [0.2, 0.25) is 0 Å². The lowest BCUT2D eigenvalue weighted by Gasteiger charge is -2.12. The van der Waals surface area contributed by atoms with Crippen molar-refractivity contribution in [2.45, 2.75) is 33.1 Å². The predicted molar refractivity (Wildman–Crippen MR) is 72.5 cm³/mol. The van der Waals surface area contributed by atoms with Gasteiger partial charge in [-0.25, -0.2) is 0 Å². The molecule has 0 unspecified atom stereocenters. The van der Waals surface area contributed by atoms with Crippen LogP contribution in [0.3, 0.4) is 0 Å². The van der Waals surface area contributed by atoms with Gasteiger partial charge in [0.05, 0.1) is 19.3 Å². The molecule has 0 radical (unpaired) electrons. The molecule has 0 atom stereocenters. The first kappa shape index (κ1) is 15.9. The molecule has 0 aromatic heterocycles. The molecule has 2 heteroatoms. The van der Waals surface area contributed by atoms with E-state index in [4.69, 9.17) is 0 Å². The van der Waals surface area contributed by atoms with E-state index < -0.39 is 0 Å². The molecule has 1 aromatic carbocycles. The van der Waals surface area contributed by atoms with E-state index in [1.54, 1.807) is 4.90 Å². The standard InChI is InChI=1S/C15H23N.H2O/c1-3-12-16(13-4-2)14-8-11-15-9-6-5-7-10-15;/h5-10,14H,3-4,11-13H2,1-2H3;1H2. The van der Waals surface area contributed by atoms with Crippen LogP contribution in [0.15, 0.2) is 42.6 Å². The van der Waals surface area contributed by atoms with Crippen LogP contribution in [-0.4, -0.2) is 18.6 Å². The van der Waals surface area contributed by atoms with Crippen LogP contribution >= 0.6 is 0 Å². The third-order valence-corrected chi connectivity index (χ3v) is 2.69. The Kier molecular flexibility index (Phi) is 9.40. The molecule has 0 aliphatic carbocycles. The van der Waals surface area contributed by atoms with E-state index in [0.29, 0.717) is 0 Å². The summed E-state index contributed by atoms with van der Waals surface area (Å²) in [6.45, 7) is 7.00. The van der Waals surface area contributed by atoms with Gasteiger partial charge >= 0.3 is 0 Å². The zero-order valence-corrected chi connectivity index (χ0v) is 11.0. The van der Waals surface area contributed by atoms with E-state index in [0.717, 1.165) is 6.42 Å². The summed E-state index contributed by atoms with van der Waals surface area (Å²) < 4.78 is 0. The molecule has 0 saturated heterocycles. The van der Waals surface area contributed by atoms with Crippen LogP contribution < -0.4 is 4.90 Å². The van der Waals surface area contributed by atoms with Crippen LogP contribution in [0.4, 0.5) is 0 Å². The first-order chi connectivity index (χ1) is 7.86. The van der Waals surface area contributed by atoms with Crippen LogP contribution in [0.5, 0.6) is 0 Å². The number of allylic oxidation sites excluding steroid dienone is 1. The molecule has 96 valence electrons. The largest absolute Gasteiger partial charge is 0.870 e. The Morgan fingerprint density at radius 1 is 1.00 bits per heavy atom. The molecule has 17 heavy (non-hydrogen) atoms. The summed E-state index contributed by atoms with van der Waals surface area (Å²) in [7, 11) is 0. The van der Waals surface area contributed by atoms with Crippen LogP contribution in [0.2, 0.25) is 0 Å². The Balaban J connectivity index is 0.00000256. The summed E-state index contributed by atoms with van der Waals surface area (Å²) in [4.78, 5) is 1.60. The lowest BCUT2D eigenvalue weighted by Crippen LogP contribution is -3.07. The highest BCUT2D eigenvalue weighted by atomic mass is 16.0. The molecule has 0 aliphatic heterocycles. The van der Waals surface area contributed by atoms with E-state index in [1.165, 1.54) is 31.5 Å². The fourth-order valence-electron chi connectivity index (χ4n) is 1.91.